The second-order valence-electron chi connectivity index (χ2n) is 2.59. The van der Waals surface area contributed by atoms with E-state index in [0.29, 0.717) is 0 Å². The Labute approximate surface area is 114 Å². The predicted molar refractivity (Wildman–Crippen MR) is 56.8 cm³/mol. The SMILES string of the molecule is CCCCc1ccccc1.[C-]#[O+].[C-]#[O+].[C-]#[O+].[Cr]. The molecule has 0 aromatic heterocycles. The predicted octanol–water partition coefficient (Wildman–Crippen LogP) is 2.91. The average molecular weight is 270 g/mol. The van der Waals surface area contributed by atoms with Crippen LogP contribution < -0.4 is 0 Å². The minimum Gasteiger partial charge on any atom is 0 e. The maximum absolute atomic E-state index is 7.50. The normalized spacial score (nSPS) is 6.06. The molecule has 3 nitrogen and oxygen atoms in total. The Bertz CT molecular complexity index is 263. The van der Waals surface area contributed by atoms with Gasteiger partial charge < -0.3 is 0 Å². The van der Waals surface area contributed by atoms with Crippen LogP contribution in [-0.2, 0) is 37.7 Å². The number of rotatable bonds is 3. The number of unbranched alkanes of at least 4 members (excludes halogenated alkanes) is 1. The maximum atomic E-state index is 7.50. The van der Waals surface area contributed by atoms with Crippen molar-refractivity contribution in [2.45, 2.75) is 26.2 Å². The van der Waals surface area contributed by atoms with Gasteiger partial charge >= 0.3 is 33.9 Å². The molecule has 17 heavy (non-hydrogen) atoms. The summed E-state index contributed by atoms with van der Waals surface area (Å²) in [6.07, 6.45) is 3.83. The molecule has 0 spiro atoms. The van der Waals surface area contributed by atoms with Gasteiger partial charge in [0.1, 0.15) is 0 Å². The van der Waals surface area contributed by atoms with Gasteiger partial charge in [-0.3, -0.25) is 0 Å². The second-order valence-corrected chi connectivity index (χ2v) is 2.59. The largest absolute Gasteiger partial charge is 0 e. The van der Waals surface area contributed by atoms with E-state index in [0.717, 1.165) is 0 Å². The Morgan fingerprint density at radius 3 is 1.65 bits per heavy atom. The van der Waals surface area contributed by atoms with Crippen molar-refractivity contribution in [3.05, 3.63) is 55.8 Å². The fourth-order valence-corrected chi connectivity index (χ4v) is 1.03. The van der Waals surface area contributed by atoms with Gasteiger partial charge in [0.25, 0.3) is 0 Å². The van der Waals surface area contributed by atoms with Crippen molar-refractivity contribution < 1.29 is 31.3 Å². The molecule has 0 radical (unpaired) electrons. The summed E-state index contributed by atoms with van der Waals surface area (Å²) in [7, 11) is 0. The molecule has 1 aromatic carbocycles. The van der Waals surface area contributed by atoms with Crippen molar-refractivity contribution in [3.8, 4) is 0 Å². The summed E-state index contributed by atoms with van der Waals surface area (Å²) in [6, 6.07) is 10.6. The van der Waals surface area contributed by atoms with Crippen LogP contribution in [0, 0.1) is 20.0 Å². The van der Waals surface area contributed by atoms with Crippen molar-refractivity contribution in [3.63, 3.8) is 0 Å². The van der Waals surface area contributed by atoms with E-state index >= 15 is 0 Å². The molecule has 0 bridgehead atoms. The Balaban J connectivity index is -0.000000106. The Hall–Kier alpha value is -1.03. The molecule has 0 unspecified atom stereocenters. The van der Waals surface area contributed by atoms with Crippen LogP contribution in [0.15, 0.2) is 30.3 Å². The molecule has 0 aliphatic rings. The van der Waals surface area contributed by atoms with E-state index < -0.39 is 0 Å². The van der Waals surface area contributed by atoms with Crippen LogP contribution in [0.2, 0.25) is 0 Å². The van der Waals surface area contributed by atoms with Crippen LogP contribution >= 0.6 is 0 Å². The zero-order valence-electron chi connectivity index (χ0n) is 9.64. The molecule has 90 valence electrons. The van der Waals surface area contributed by atoms with Gasteiger partial charge in [-0.25, -0.2) is 0 Å². The Kier molecular flexibility index (Phi) is 43.2. The molecule has 0 heterocycles. The van der Waals surface area contributed by atoms with Crippen LogP contribution in [0.5, 0.6) is 0 Å². The smallest absolute Gasteiger partial charge is 0 e. The van der Waals surface area contributed by atoms with Gasteiger partial charge in [0.2, 0.25) is 0 Å². The van der Waals surface area contributed by atoms with E-state index in [1.807, 2.05) is 0 Å². The zero-order valence-corrected chi connectivity index (χ0v) is 10.9. The molecule has 0 N–H and O–H groups in total. The molecule has 0 aliphatic carbocycles. The molecule has 0 atom stereocenters. The van der Waals surface area contributed by atoms with E-state index in [9.17, 15) is 0 Å². The molecule has 1 aromatic rings. The zero-order chi connectivity index (χ0) is 13.2. The molecule has 0 amide bonds. The van der Waals surface area contributed by atoms with Gasteiger partial charge in [-0.2, -0.15) is 0 Å². The minimum atomic E-state index is 0. The number of hydrogen-bond acceptors (Lipinski definition) is 0. The third-order valence-electron chi connectivity index (χ3n) is 1.66. The average Bonchev–Trinajstić information content (AvgIpc) is 2.44. The Morgan fingerprint density at radius 2 is 1.29 bits per heavy atom. The first-order valence-electron chi connectivity index (χ1n) is 4.58. The first-order valence-corrected chi connectivity index (χ1v) is 4.58. The maximum Gasteiger partial charge on any atom is 0 e. The molecule has 0 aliphatic heterocycles. The van der Waals surface area contributed by atoms with Gasteiger partial charge in [0, 0.05) is 17.4 Å². The van der Waals surface area contributed by atoms with Gasteiger partial charge in [0.15, 0.2) is 0 Å². The Morgan fingerprint density at radius 1 is 0.882 bits per heavy atom. The molecule has 1 rings (SSSR count). The summed E-state index contributed by atoms with van der Waals surface area (Å²) in [6.45, 7) is 15.7. The van der Waals surface area contributed by atoms with Crippen LogP contribution in [0.4, 0.5) is 0 Å². The summed E-state index contributed by atoms with van der Waals surface area (Å²) in [4.78, 5) is 0. The summed E-state index contributed by atoms with van der Waals surface area (Å²) >= 11 is 0. The van der Waals surface area contributed by atoms with E-state index in [1.165, 1.54) is 24.8 Å². The number of hydrogen-bond donors (Lipinski definition) is 0. The standard InChI is InChI=1S/C10H14.3CO.Cr/c1-2-3-7-10-8-5-4-6-9-10;3*1-2;/h4-6,8-9H,2-3,7H2,1H3;;;;. The molecule has 0 fully saturated rings. The third-order valence-corrected chi connectivity index (χ3v) is 1.66. The second kappa shape index (κ2) is 29.4. The van der Waals surface area contributed by atoms with E-state index in [2.05, 4.69) is 57.2 Å². The summed E-state index contributed by atoms with van der Waals surface area (Å²) < 4.78 is 22.5. The van der Waals surface area contributed by atoms with Crippen molar-refractivity contribution in [1.82, 2.24) is 0 Å². The van der Waals surface area contributed by atoms with E-state index in [1.54, 1.807) is 0 Å². The topological polar surface area (TPSA) is 59.7 Å². The molecule has 0 saturated carbocycles. The van der Waals surface area contributed by atoms with Crippen molar-refractivity contribution in [1.29, 1.82) is 0 Å². The minimum absolute atomic E-state index is 0. The van der Waals surface area contributed by atoms with Gasteiger partial charge in [0.05, 0.1) is 0 Å². The van der Waals surface area contributed by atoms with Crippen molar-refractivity contribution >= 4 is 0 Å². The number of aryl methyl sites for hydroxylation is 1. The van der Waals surface area contributed by atoms with Crippen LogP contribution in [0.25, 0.3) is 0 Å². The van der Waals surface area contributed by atoms with Crippen molar-refractivity contribution in [2.24, 2.45) is 0 Å². The fraction of sp³-hybridized carbons (Fsp3) is 0.308. The molecule has 4 heteroatoms. The van der Waals surface area contributed by atoms with Crippen LogP contribution in [0.3, 0.4) is 0 Å². The summed E-state index contributed by atoms with van der Waals surface area (Å²) in [5.41, 5.74) is 1.46. The summed E-state index contributed by atoms with van der Waals surface area (Å²) in [5, 5.41) is 0. The van der Waals surface area contributed by atoms with Gasteiger partial charge in [-0.05, 0) is 18.4 Å². The molecule has 0 saturated heterocycles. The molecular formula is C13H14CrO3. The van der Waals surface area contributed by atoms with Crippen molar-refractivity contribution in [2.75, 3.05) is 0 Å². The van der Waals surface area contributed by atoms with E-state index in [4.69, 9.17) is 14.0 Å². The quantitative estimate of drug-likeness (QED) is 0.599. The van der Waals surface area contributed by atoms with Crippen LogP contribution in [-0.4, -0.2) is 0 Å². The summed E-state index contributed by atoms with van der Waals surface area (Å²) in [5.74, 6) is 0. The number of benzene rings is 1. The first kappa shape index (κ1) is 25.0. The third kappa shape index (κ3) is 20.9. The van der Waals surface area contributed by atoms with Gasteiger partial charge in [-0.1, -0.05) is 43.7 Å². The first-order chi connectivity index (χ1) is 7.93. The van der Waals surface area contributed by atoms with Crippen LogP contribution in [0.1, 0.15) is 25.3 Å². The van der Waals surface area contributed by atoms with Gasteiger partial charge in [-0.15, -0.1) is 0 Å². The van der Waals surface area contributed by atoms with E-state index in [-0.39, 0.29) is 17.4 Å². The fourth-order valence-electron chi connectivity index (χ4n) is 1.03. The molecular weight excluding hydrogens is 256 g/mol. The monoisotopic (exact) mass is 270 g/mol.